The summed E-state index contributed by atoms with van der Waals surface area (Å²) in [5.41, 5.74) is 0.721. The minimum absolute atomic E-state index is 0.0185. The van der Waals surface area contributed by atoms with Gasteiger partial charge in [-0.05, 0) is 23.8 Å². The zero-order chi connectivity index (χ0) is 9.68. The second-order valence-corrected chi connectivity index (χ2v) is 2.37. The molecule has 0 N–H and O–H groups in total. The molecule has 1 rings (SSSR count). The summed E-state index contributed by atoms with van der Waals surface area (Å²) < 4.78 is 12.7. The first-order chi connectivity index (χ1) is 6.27. The minimum atomic E-state index is -0.457. The molecule has 0 fully saturated rings. The summed E-state index contributed by atoms with van der Waals surface area (Å²) in [5.74, 6) is -0.457. The molecule has 0 unspecified atom stereocenters. The molecule has 4 heteroatoms. The van der Waals surface area contributed by atoms with E-state index < -0.39 is 5.82 Å². The average molecular weight is 179 g/mol. The molecule has 0 aliphatic rings. The maximum absolute atomic E-state index is 12.7. The molecule has 0 radical (unpaired) electrons. The molecular weight excluding hydrogens is 173 g/mol. The van der Waals surface area contributed by atoms with Crippen LogP contribution in [0.3, 0.4) is 0 Å². The van der Waals surface area contributed by atoms with E-state index in [0.29, 0.717) is 17.4 Å². The topological polar surface area (TPSA) is 46.5 Å². The standard InChI is InChI=1S/C9H6FNO2/c10-9-2-1-7(5-12)8(3-9)4-11-6-13/h1-3,5H,4H2. The number of rotatable bonds is 3. The van der Waals surface area contributed by atoms with E-state index in [9.17, 15) is 14.0 Å². The highest BCUT2D eigenvalue weighted by atomic mass is 19.1. The van der Waals surface area contributed by atoms with E-state index in [1.54, 1.807) is 0 Å². The molecule has 1 aromatic carbocycles. The molecule has 1 aromatic rings. The summed E-state index contributed by atoms with van der Waals surface area (Å²) in [5, 5.41) is 0. The molecule has 66 valence electrons. The van der Waals surface area contributed by atoms with Gasteiger partial charge in [0.05, 0.1) is 6.54 Å². The molecule has 0 heterocycles. The van der Waals surface area contributed by atoms with Crippen LogP contribution in [0.25, 0.3) is 0 Å². The quantitative estimate of drug-likeness (QED) is 0.400. The number of aliphatic imine (C=N–C) groups is 1. The molecule has 0 spiro atoms. The van der Waals surface area contributed by atoms with Crippen LogP contribution < -0.4 is 0 Å². The van der Waals surface area contributed by atoms with Crippen molar-refractivity contribution in [1.29, 1.82) is 0 Å². The Morgan fingerprint density at radius 3 is 2.92 bits per heavy atom. The van der Waals surface area contributed by atoms with Gasteiger partial charge in [-0.1, -0.05) is 0 Å². The number of carbonyl (C=O) groups excluding carboxylic acids is 2. The summed E-state index contributed by atoms with van der Waals surface area (Å²) in [6.07, 6.45) is 1.92. The van der Waals surface area contributed by atoms with E-state index in [2.05, 4.69) is 4.99 Å². The number of aldehydes is 1. The Bertz CT molecular complexity index is 370. The number of carbonyl (C=O) groups is 1. The SMILES string of the molecule is O=C=NCc1cc(F)ccc1C=O. The predicted molar refractivity (Wildman–Crippen MR) is 43.6 cm³/mol. The smallest absolute Gasteiger partial charge is 0.235 e. The van der Waals surface area contributed by atoms with Crippen LogP contribution in [0.2, 0.25) is 0 Å². The van der Waals surface area contributed by atoms with Crippen molar-refractivity contribution in [3.8, 4) is 0 Å². The third kappa shape index (κ3) is 2.32. The van der Waals surface area contributed by atoms with Gasteiger partial charge in [-0.2, -0.15) is 0 Å². The fraction of sp³-hybridized carbons (Fsp3) is 0.111. The highest BCUT2D eigenvalue weighted by Crippen LogP contribution is 2.10. The summed E-state index contributed by atoms with van der Waals surface area (Å²) in [6.45, 7) is -0.0185. The Balaban J connectivity index is 3.07. The Morgan fingerprint density at radius 1 is 1.54 bits per heavy atom. The largest absolute Gasteiger partial charge is 0.298 e. The van der Waals surface area contributed by atoms with Gasteiger partial charge in [-0.25, -0.2) is 14.2 Å². The van der Waals surface area contributed by atoms with Crippen LogP contribution in [0.4, 0.5) is 4.39 Å². The van der Waals surface area contributed by atoms with Crippen LogP contribution in [0, 0.1) is 5.82 Å². The zero-order valence-electron chi connectivity index (χ0n) is 6.66. The van der Waals surface area contributed by atoms with E-state index in [1.807, 2.05) is 0 Å². The highest BCUT2D eigenvalue weighted by Gasteiger charge is 2.01. The second kappa shape index (κ2) is 4.28. The van der Waals surface area contributed by atoms with Crippen molar-refractivity contribution in [1.82, 2.24) is 0 Å². The van der Waals surface area contributed by atoms with E-state index in [-0.39, 0.29) is 6.54 Å². The molecule has 0 saturated heterocycles. The summed E-state index contributed by atoms with van der Waals surface area (Å²) in [6, 6.07) is 3.69. The van der Waals surface area contributed by atoms with Gasteiger partial charge in [0.1, 0.15) is 12.1 Å². The maximum atomic E-state index is 12.7. The molecule has 0 aliphatic carbocycles. The molecular formula is C9H6FNO2. The average Bonchev–Trinajstić information content (AvgIpc) is 2.15. The monoisotopic (exact) mass is 179 g/mol. The van der Waals surface area contributed by atoms with Crippen LogP contribution in [0.15, 0.2) is 23.2 Å². The van der Waals surface area contributed by atoms with Gasteiger partial charge in [-0.3, -0.25) is 4.79 Å². The van der Waals surface area contributed by atoms with Crippen LogP contribution in [0.1, 0.15) is 15.9 Å². The molecule has 0 aliphatic heterocycles. The summed E-state index contributed by atoms with van der Waals surface area (Å²) in [7, 11) is 0. The minimum Gasteiger partial charge on any atom is -0.298 e. The fourth-order valence-corrected chi connectivity index (χ4v) is 0.944. The van der Waals surface area contributed by atoms with Gasteiger partial charge >= 0.3 is 0 Å². The van der Waals surface area contributed by atoms with Crippen molar-refractivity contribution in [2.45, 2.75) is 6.54 Å². The maximum Gasteiger partial charge on any atom is 0.235 e. The first-order valence-corrected chi connectivity index (χ1v) is 3.55. The Labute approximate surface area is 73.9 Å². The Kier molecular flexibility index (Phi) is 3.06. The number of hydrogen-bond donors (Lipinski definition) is 0. The van der Waals surface area contributed by atoms with Gasteiger partial charge in [0.15, 0.2) is 0 Å². The van der Waals surface area contributed by atoms with Gasteiger partial charge < -0.3 is 0 Å². The van der Waals surface area contributed by atoms with Crippen molar-refractivity contribution in [3.05, 3.63) is 35.1 Å². The predicted octanol–water partition coefficient (Wildman–Crippen LogP) is 1.47. The van der Waals surface area contributed by atoms with E-state index >= 15 is 0 Å². The van der Waals surface area contributed by atoms with E-state index in [4.69, 9.17) is 0 Å². The first kappa shape index (κ1) is 9.29. The molecule has 13 heavy (non-hydrogen) atoms. The van der Waals surface area contributed by atoms with Crippen molar-refractivity contribution < 1.29 is 14.0 Å². The van der Waals surface area contributed by atoms with Gasteiger partial charge in [0, 0.05) is 5.56 Å². The summed E-state index contributed by atoms with van der Waals surface area (Å²) >= 11 is 0. The number of isocyanates is 1. The third-order valence-electron chi connectivity index (χ3n) is 1.55. The van der Waals surface area contributed by atoms with Crippen LogP contribution in [-0.2, 0) is 11.3 Å². The number of nitrogens with zero attached hydrogens (tertiary/aromatic N) is 1. The van der Waals surface area contributed by atoms with Crippen molar-refractivity contribution >= 4 is 12.4 Å². The van der Waals surface area contributed by atoms with Gasteiger partial charge in [0.2, 0.25) is 6.08 Å². The number of benzene rings is 1. The molecule has 0 atom stereocenters. The van der Waals surface area contributed by atoms with Crippen molar-refractivity contribution in [2.24, 2.45) is 4.99 Å². The second-order valence-electron chi connectivity index (χ2n) is 2.37. The Hall–Kier alpha value is -1.80. The third-order valence-corrected chi connectivity index (χ3v) is 1.55. The molecule has 3 nitrogen and oxygen atoms in total. The molecule has 0 aromatic heterocycles. The lowest BCUT2D eigenvalue weighted by Crippen LogP contribution is -1.92. The lowest BCUT2D eigenvalue weighted by atomic mass is 10.1. The van der Waals surface area contributed by atoms with E-state index in [1.165, 1.54) is 24.3 Å². The van der Waals surface area contributed by atoms with E-state index in [0.717, 1.165) is 0 Å². The fourth-order valence-electron chi connectivity index (χ4n) is 0.944. The van der Waals surface area contributed by atoms with Crippen molar-refractivity contribution in [3.63, 3.8) is 0 Å². The normalized spacial score (nSPS) is 9.00. The first-order valence-electron chi connectivity index (χ1n) is 3.55. The molecule has 0 saturated carbocycles. The van der Waals surface area contributed by atoms with Gasteiger partial charge in [-0.15, -0.1) is 0 Å². The van der Waals surface area contributed by atoms with Gasteiger partial charge in [0.25, 0.3) is 0 Å². The lowest BCUT2D eigenvalue weighted by Gasteiger charge is -1.99. The van der Waals surface area contributed by atoms with Crippen LogP contribution in [-0.4, -0.2) is 12.4 Å². The summed E-state index contributed by atoms with van der Waals surface area (Å²) in [4.78, 5) is 23.5. The number of hydrogen-bond acceptors (Lipinski definition) is 3. The van der Waals surface area contributed by atoms with Crippen molar-refractivity contribution in [2.75, 3.05) is 0 Å². The molecule has 0 amide bonds. The van der Waals surface area contributed by atoms with Crippen LogP contribution >= 0.6 is 0 Å². The number of halogens is 1. The lowest BCUT2D eigenvalue weighted by molar-refractivity contribution is 0.112. The zero-order valence-corrected chi connectivity index (χ0v) is 6.66. The van der Waals surface area contributed by atoms with Crippen LogP contribution in [0.5, 0.6) is 0 Å². The highest BCUT2D eigenvalue weighted by molar-refractivity contribution is 5.77. The Morgan fingerprint density at radius 2 is 2.31 bits per heavy atom. The molecule has 0 bridgehead atoms.